The molecule has 0 aliphatic heterocycles. The van der Waals surface area contributed by atoms with E-state index in [1.807, 2.05) is 60.7 Å². The number of nitrogens with zero attached hydrogens (tertiary/aromatic N) is 4. The summed E-state index contributed by atoms with van der Waals surface area (Å²) in [4.78, 5) is 14.6. The van der Waals surface area contributed by atoms with Crippen molar-refractivity contribution in [1.29, 1.82) is 0 Å². The highest BCUT2D eigenvalue weighted by molar-refractivity contribution is 6.21. The molecule has 2 aromatic heterocycles. The number of hydrogen-bond acceptors (Lipinski definition) is 3. The summed E-state index contributed by atoms with van der Waals surface area (Å²) >= 11 is 0. The van der Waals surface area contributed by atoms with Gasteiger partial charge in [-0.05, 0) is 46.2 Å². The Hall–Kier alpha value is -6.39. The topological polar surface area (TPSA) is 43.6 Å². The van der Waals surface area contributed by atoms with Crippen molar-refractivity contribution in [1.82, 2.24) is 19.5 Å². The van der Waals surface area contributed by atoms with E-state index in [2.05, 4.69) is 114 Å². The molecule has 9 rings (SSSR count). The van der Waals surface area contributed by atoms with Crippen LogP contribution >= 0.6 is 0 Å². The van der Waals surface area contributed by atoms with Gasteiger partial charge in [0.1, 0.15) is 0 Å². The maximum Gasteiger partial charge on any atom is 0.164 e. The fourth-order valence-corrected chi connectivity index (χ4v) is 6.59. The highest BCUT2D eigenvalue weighted by Crippen LogP contribution is 2.37. The van der Waals surface area contributed by atoms with Crippen molar-refractivity contribution < 1.29 is 0 Å². The molecule has 0 saturated carbocycles. The maximum atomic E-state index is 4.90. The standard InChI is InChI=1S/C43H28N4/c1-3-13-31(14-4-1)41-44-42(32-15-5-2-6-16-32)46-43(45-41)33-24-22-29(23-25-33)34-17-11-18-35(28-34)47-38-21-10-9-20-37(38)40-36-19-8-7-12-30(36)26-27-39(40)47/h1-28H. The van der Waals surface area contributed by atoms with Crippen molar-refractivity contribution in [3.8, 4) is 51.0 Å². The van der Waals surface area contributed by atoms with Crippen LogP contribution in [0.5, 0.6) is 0 Å². The summed E-state index contributed by atoms with van der Waals surface area (Å²) in [5.74, 6) is 1.96. The average Bonchev–Trinajstić information content (AvgIpc) is 3.50. The van der Waals surface area contributed by atoms with Crippen LogP contribution in [0.3, 0.4) is 0 Å². The first-order valence-corrected chi connectivity index (χ1v) is 15.8. The molecular weight excluding hydrogens is 573 g/mol. The minimum atomic E-state index is 0.649. The number of benzene rings is 7. The van der Waals surface area contributed by atoms with Crippen LogP contribution in [-0.4, -0.2) is 19.5 Å². The van der Waals surface area contributed by atoms with Gasteiger partial charge in [0.15, 0.2) is 17.5 Å². The monoisotopic (exact) mass is 600 g/mol. The normalized spacial score (nSPS) is 11.4. The Bertz CT molecular complexity index is 2490. The lowest BCUT2D eigenvalue weighted by Crippen LogP contribution is -2.00. The van der Waals surface area contributed by atoms with Crippen molar-refractivity contribution >= 4 is 32.6 Å². The predicted octanol–water partition coefficient (Wildman–Crippen LogP) is 10.8. The smallest absolute Gasteiger partial charge is 0.164 e. The third kappa shape index (κ3) is 4.75. The molecule has 47 heavy (non-hydrogen) atoms. The Morgan fingerprint density at radius 1 is 0.340 bits per heavy atom. The van der Waals surface area contributed by atoms with Crippen LogP contribution in [0.25, 0.3) is 83.6 Å². The first kappa shape index (κ1) is 27.0. The van der Waals surface area contributed by atoms with Gasteiger partial charge >= 0.3 is 0 Å². The molecule has 220 valence electrons. The molecule has 0 aliphatic rings. The van der Waals surface area contributed by atoms with E-state index in [9.17, 15) is 0 Å². The quantitative estimate of drug-likeness (QED) is 0.197. The van der Waals surface area contributed by atoms with Crippen molar-refractivity contribution in [3.05, 3.63) is 170 Å². The second-order valence-electron chi connectivity index (χ2n) is 11.7. The van der Waals surface area contributed by atoms with E-state index >= 15 is 0 Å². The first-order valence-electron chi connectivity index (χ1n) is 15.8. The van der Waals surface area contributed by atoms with Crippen LogP contribution in [0.15, 0.2) is 170 Å². The average molecular weight is 601 g/mol. The van der Waals surface area contributed by atoms with E-state index in [-0.39, 0.29) is 0 Å². The summed E-state index contributed by atoms with van der Waals surface area (Å²) in [5.41, 5.74) is 8.66. The number of rotatable bonds is 5. The molecule has 0 aliphatic carbocycles. The van der Waals surface area contributed by atoms with Gasteiger partial charge in [-0.2, -0.15) is 0 Å². The number of fused-ring (bicyclic) bond motifs is 5. The van der Waals surface area contributed by atoms with Crippen LogP contribution in [-0.2, 0) is 0 Å². The molecule has 4 heteroatoms. The molecule has 7 aromatic carbocycles. The van der Waals surface area contributed by atoms with Gasteiger partial charge in [-0.15, -0.1) is 0 Å². The highest BCUT2D eigenvalue weighted by atomic mass is 15.0. The van der Waals surface area contributed by atoms with Gasteiger partial charge in [-0.1, -0.05) is 146 Å². The summed E-state index contributed by atoms with van der Waals surface area (Å²) in [6.45, 7) is 0. The predicted molar refractivity (Wildman–Crippen MR) is 193 cm³/mol. The summed E-state index contributed by atoms with van der Waals surface area (Å²) in [5, 5.41) is 5.07. The van der Waals surface area contributed by atoms with E-state index in [0.29, 0.717) is 17.5 Å². The van der Waals surface area contributed by atoms with Gasteiger partial charge in [0, 0.05) is 33.2 Å². The molecule has 0 radical (unpaired) electrons. The van der Waals surface area contributed by atoms with E-state index in [1.54, 1.807) is 0 Å². The zero-order chi connectivity index (χ0) is 31.2. The van der Waals surface area contributed by atoms with Gasteiger partial charge in [0.05, 0.1) is 11.0 Å². The molecular formula is C43H28N4. The molecule has 0 atom stereocenters. The molecule has 2 heterocycles. The lowest BCUT2D eigenvalue weighted by Gasteiger charge is -2.11. The maximum absolute atomic E-state index is 4.90. The van der Waals surface area contributed by atoms with Crippen LogP contribution in [0.1, 0.15) is 0 Å². The summed E-state index contributed by atoms with van der Waals surface area (Å²) in [6.07, 6.45) is 0. The van der Waals surface area contributed by atoms with Gasteiger partial charge < -0.3 is 4.57 Å². The molecule has 4 nitrogen and oxygen atoms in total. The minimum Gasteiger partial charge on any atom is -0.309 e. The molecule has 0 fully saturated rings. The van der Waals surface area contributed by atoms with E-state index in [1.165, 1.54) is 32.6 Å². The first-order chi connectivity index (χ1) is 23.3. The minimum absolute atomic E-state index is 0.649. The Morgan fingerprint density at radius 3 is 1.55 bits per heavy atom. The van der Waals surface area contributed by atoms with Crippen molar-refractivity contribution in [3.63, 3.8) is 0 Å². The van der Waals surface area contributed by atoms with Crippen molar-refractivity contribution in [2.75, 3.05) is 0 Å². The Kier molecular flexibility index (Phi) is 6.43. The fraction of sp³-hybridized carbons (Fsp3) is 0. The fourth-order valence-electron chi connectivity index (χ4n) is 6.59. The second kappa shape index (κ2) is 11.2. The molecule has 0 saturated heterocycles. The third-order valence-electron chi connectivity index (χ3n) is 8.84. The zero-order valence-corrected chi connectivity index (χ0v) is 25.5. The molecule has 9 aromatic rings. The van der Waals surface area contributed by atoms with E-state index in [4.69, 9.17) is 15.0 Å². The SMILES string of the molecule is c1ccc(-c2nc(-c3ccccc3)nc(-c3ccc(-c4cccc(-n5c6ccccc6c6c7ccccc7ccc65)c4)cc3)n2)cc1. The second-order valence-corrected chi connectivity index (χ2v) is 11.7. The lowest BCUT2D eigenvalue weighted by atomic mass is 10.0. The number of aromatic nitrogens is 4. The molecule has 0 bridgehead atoms. The van der Waals surface area contributed by atoms with E-state index in [0.717, 1.165) is 33.5 Å². The molecule has 0 N–H and O–H groups in total. The van der Waals surface area contributed by atoms with Gasteiger partial charge in [0.2, 0.25) is 0 Å². The largest absolute Gasteiger partial charge is 0.309 e. The molecule has 0 amide bonds. The van der Waals surface area contributed by atoms with E-state index < -0.39 is 0 Å². The van der Waals surface area contributed by atoms with Gasteiger partial charge in [-0.3, -0.25) is 0 Å². The molecule has 0 unspecified atom stereocenters. The summed E-state index contributed by atoms with van der Waals surface area (Å²) in [6, 6.07) is 59.3. The van der Waals surface area contributed by atoms with Gasteiger partial charge in [0.25, 0.3) is 0 Å². The highest BCUT2D eigenvalue weighted by Gasteiger charge is 2.16. The zero-order valence-electron chi connectivity index (χ0n) is 25.5. The summed E-state index contributed by atoms with van der Waals surface area (Å²) in [7, 11) is 0. The van der Waals surface area contributed by atoms with Crippen LogP contribution in [0, 0.1) is 0 Å². The Morgan fingerprint density at radius 2 is 0.872 bits per heavy atom. The van der Waals surface area contributed by atoms with Crippen LogP contribution in [0.2, 0.25) is 0 Å². The van der Waals surface area contributed by atoms with Gasteiger partial charge in [-0.25, -0.2) is 15.0 Å². The Balaban J connectivity index is 1.13. The van der Waals surface area contributed by atoms with Crippen LogP contribution < -0.4 is 0 Å². The van der Waals surface area contributed by atoms with Crippen molar-refractivity contribution in [2.45, 2.75) is 0 Å². The number of hydrogen-bond donors (Lipinski definition) is 0. The lowest BCUT2D eigenvalue weighted by molar-refractivity contribution is 1.07. The van der Waals surface area contributed by atoms with Crippen molar-refractivity contribution in [2.24, 2.45) is 0 Å². The Labute approximate surface area is 272 Å². The number of para-hydroxylation sites is 1. The summed E-state index contributed by atoms with van der Waals surface area (Å²) < 4.78 is 2.38. The van der Waals surface area contributed by atoms with Crippen LogP contribution in [0.4, 0.5) is 0 Å². The molecule has 0 spiro atoms. The third-order valence-corrected chi connectivity index (χ3v) is 8.84.